The number of piperidine rings is 1. The molecule has 0 saturated carbocycles. The quantitative estimate of drug-likeness (QED) is 0.909. The first-order chi connectivity index (χ1) is 10.5. The van der Waals surface area contributed by atoms with Gasteiger partial charge in [0.15, 0.2) is 0 Å². The van der Waals surface area contributed by atoms with E-state index < -0.39 is 0 Å². The summed E-state index contributed by atoms with van der Waals surface area (Å²) in [6, 6.07) is 6.92. The number of halogens is 1. The van der Waals surface area contributed by atoms with Crippen molar-refractivity contribution in [1.82, 2.24) is 4.90 Å². The van der Waals surface area contributed by atoms with Crippen LogP contribution >= 0.6 is 0 Å². The zero-order chi connectivity index (χ0) is 16.1. The van der Waals surface area contributed by atoms with E-state index in [9.17, 15) is 9.18 Å². The van der Waals surface area contributed by atoms with Gasteiger partial charge >= 0.3 is 0 Å². The summed E-state index contributed by atoms with van der Waals surface area (Å²) >= 11 is 0. The van der Waals surface area contributed by atoms with Crippen molar-refractivity contribution < 1.29 is 9.18 Å². The molecule has 122 valence electrons. The Morgan fingerprint density at radius 1 is 1.41 bits per heavy atom. The Morgan fingerprint density at radius 3 is 2.82 bits per heavy atom. The highest BCUT2D eigenvalue weighted by Crippen LogP contribution is 2.22. The van der Waals surface area contributed by atoms with Crippen LogP contribution in [-0.4, -0.2) is 29.9 Å². The number of nitrogens with two attached hydrogens (primary N) is 1. The molecule has 1 aromatic carbocycles. The van der Waals surface area contributed by atoms with Gasteiger partial charge in [0, 0.05) is 25.0 Å². The Balaban J connectivity index is 1.88. The van der Waals surface area contributed by atoms with Crippen LogP contribution in [0, 0.1) is 17.7 Å². The molecule has 3 nitrogen and oxygen atoms in total. The second-order valence-corrected chi connectivity index (χ2v) is 6.58. The van der Waals surface area contributed by atoms with Crippen molar-refractivity contribution >= 4 is 5.91 Å². The molecule has 3 atom stereocenters. The summed E-state index contributed by atoms with van der Waals surface area (Å²) in [5.74, 6) is 0.321. The molecular formula is C18H27FN2O. The highest BCUT2D eigenvalue weighted by atomic mass is 19.1. The van der Waals surface area contributed by atoms with E-state index >= 15 is 0 Å². The van der Waals surface area contributed by atoms with Gasteiger partial charge in [-0.25, -0.2) is 4.39 Å². The first-order valence-corrected chi connectivity index (χ1v) is 8.26. The Morgan fingerprint density at radius 2 is 2.14 bits per heavy atom. The Hall–Kier alpha value is -1.42. The van der Waals surface area contributed by atoms with Crippen molar-refractivity contribution in [3.8, 4) is 0 Å². The average molecular weight is 306 g/mol. The van der Waals surface area contributed by atoms with Gasteiger partial charge in [0.1, 0.15) is 5.82 Å². The van der Waals surface area contributed by atoms with Crippen molar-refractivity contribution in [3.63, 3.8) is 0 Å². The number of carbonyl (C=O) groups is 1. The lowest BCUT2D eigenvalue weighted by Gasteiger charge is -2.36. The third kappa shape index (κ3) is 4.29. The first kappa shape index (κ1) is 16.9. The summed E-state index contributed by atoms with van der Waals surface area (Å²) in [6.45, 7) is 5.55. The largest absolute Gasteiger partial charge is 0.342 e. The molecule has 0 aliphatic carbocycles. The predicted molar refractivity (Wildman–Crippen MR) is 86.8 cm³/mol. The first-order valence-electron chi connectivity index (χ1n) is 8.26. The fraction of sp³-hybridized carbons (Fsp3) is 0.611. The van der Waals surface area contributed by atoms with Crippen LogP contribution in [0.4, 0.5) is 4.39 Å². The van der Waals surface area contributed by atoms with Crippen LogP contribution in [0.25, 0.3) is 0 Å². The van der Waals surface area contributed by atoms with Gasteiger partial charge in [-0.05, 0) is 50.2 Å². The maximum absolute atomic E-state index is 13.6. The lowest BCUT2D eigenvalue weighted by molar-refractivity contribution is -0.137. The minimum Gasteiger partial charge on any atom is -0.342 e. The van der Waals surface area contributed by atoms with Crippen LogP contribution in [0.15, 0.2) is 24.3 Å². The summed E-state index contributed by atoms with van der Waals surface area (Å²) < 4.78 is 13.6. The molecule has 0 aromatic heterocycles. The molecule has 2 N–H and O–H groups in total. The van der Waals surface area contributed by atoms with Crippen molar-refractivity contribution in [2.24, 2.45) is 17.6 Å². The average Bonchev–Trinajstić information content (AvgIpc) is 2.53. The topological polar surface area (TPSA) is 46.3 Å². The molecular weight excluding hydrogens is 279 g/mol. The molecule has 1 saturated heterocycles. The van der Waals surface area contributed by atoms with E-state index in [1.807, 2.05) is 24.8 Å². The van der Waals surface area contributed by atoms with Crippen LogP contribution < -0.4 is 5.73 Å². The molecule has 0 radical (unpaired) electrons. The number of hydrogen-bond acceptors (Lipinski definition) is 2. The number of amides is 1. The number of hydrogen-bond donors (Lipinski definition) is 1. The second kappa shape index (κ2) is 7.73. The minimum absolute atomic E-state index is 0.0774. The molecule has 1 fully saturated rings. The summed E-state index contributed by atoms with van der Waals surface area (Å²) in [4.78, 5) is 14.5. The van der Waals surface area contributed by atoms with Crippen LogP contribution in [0.5, 0.6) is 0 Å². The fourth-order valence-corrected chi connectivity index (χ4v) is 3.15. The lowest BCUT2D eigenvalue weighted by Crippen LogP contribution is -2.46. The number of carbonyl (C=O) groups excluding carboxylic acids is 1. The molecule has 4 heteroatoms. The normalized spacial score (nSPS) is 21.5. The third-order valence-electron chi connectivity index (χ3n) is 4.74. The SMILES string of the molecule is C[C@H](CCc1ccccc1F)C(=O)N1CCC[C@H]([C@@H](C)N)C1. The molecule has 1 heterocycles. The van der Waals surface area contributed by atoms with E-state index in [0.717, 1.165) is 25.9 Å². The number of benzene rings is 1. The molecule has 0 bridgehead atoms. The van der Waals surface area contributed by atoms with Gasteiger partial charge in [0.25, 0.3) is 0 Å². The van der Waals surface area contributed by atoms with E-state index in [-0.39, 0.29) is 23.7 Å². The molecule has 1 aliphatic rings. The lowest BCUT2D eigenvalue weighted by atomic mass is 9.91. The van der Waals surface area contributed by atoms with E-state index in [4.69, 9.17) is 5.73 Å². The minimum atomic E-state index is -0.183. The fourth-order valence-electron chi connectivity index (χ4n) is 3.15. The number of nitrogens with zero attached hydrogens (tertiary/aromatic N) is 1. The number of rotatable bonds is 5. The maximum Gasteiger partial charge on any atom is 0.225 e. The van der Waals surface area contributed by atoms with Crippen LogP contribution in [-0.2, 0) is 11.2 Å². The van der Waals surface area contributed by atoms with Gasteiger partial charge in [0.2, 0.25) is 5.91 Å². The van der Waals surface area contributed by atoms with E-state index in [1.54, 1.807) is 12.1 Å². The standard InChI is InChI=1S/C18H27FN2O/c1-13(9-10-15-6-3-4-8-17(15)19)18(22)21-11-5-7-16(12-21)14(2)20/h3-4,6,8,13-14,16H,5,7,9-12,20H2,1-2H3/t13-,14-,16+/m1/s1. The van der Waals surface area contributed by atoms with Crippen LogP contribution in [0.1, 0.15) is 38.7 Å². The number of aryl methyl sites for hydroxylation is 1. The highest BCUT2D eigenvalue weighted by Gasteiger charge is 2.28. The monoisotopic (exact) mass is 306 g/mol. The number of likely N-dealkylation sites (tertiary alicyclic amines) is 1. The van der Waals surface area contributed by atoms with Crippen LogP contribution in [0.3, 0.4) is 0 Å². The van der Waals surface area contributed by atoms with Gasteiger partial charge in [-0.2, -0.15) is 0 Å². The molecule has 0 unspecified atom stereocenters. The van der Waals surface area contributed by atoms with E-state index in [2.05, 4.69) is 0 Å². The van der Waals surface area contributed by atoms with E-state index in [0.29, 0.717) is 24.3 Å². The predicted octanol–water partition coefficient (Wildman–Crippen LogP) is 2.98. The molecule has 22 heavy (non-hydrogen) atoms. The Kier molecular flexibility index (Phi) is 5.95. The van der Waals surface area contributed by atoms with Crippen molar-refractivity contribution in [2.75, 3.05) is 13.1 Å². The highest BCUT2D eigenvalue weighted by molar-refractivity contribution is 5.78. The zero-order valence-electron chi connectivity index (χ0n) is 13.6. The zero-order valence-corrected chi connectivity index (χ0v) is 13.6. The van der Waals surface area contributed by atoms with Gasteiger partial charge in [0.05, 0.1) is 0 Å². The summed E-state index contributed by atoms with van der Waals surface area (Å²) in [7, 11) is 0. The summed E-state index contributed by atoms with van der Waals surface area (Å²) in [5, 5.41) is 0. The van der Waals surface area contributed by atoms with Crippen molar-refractivity contribution in [2.45, 2.75) is 45.6 Å². The van der Waals surface area contributed by atoms with Gasteiger partial charge in [-0.3, -0.25) is 4.79 Å². The summed E-state index contributed by atoms with van der Waals surface area (Å²) in [6.07, 6.45) is 3.41. The summed E-state index contributed by atoms with van der Waals surface area (Å²) in [5.41, 5.74) is 6.67. The molecule has 1 amide bonds. The van der Waals surface area contributed by atoms with Crippen LogP contribution in [0.2, 0.25) is 0 Å². The maximum atomic E-state index is 13.6. The molecule has 2 rings (SSSR count). The Labute approximate surface area is 132 Å². The second-order valence-electron chi connectivity index (χ2n) is 6.58. The third-order valence-corrected chi connectivity index (χ3v) is 4.74. The van der Waals surface area contributed by atoms with Gasteiger partial charge < -0.3 is 10.6 Å². The Bertz CT molecular complexity index is 504. The molecule has 0 spiro atoms. The van der Waals surface area contributed by atoms with Gasteiger partial charge in [-0.1, -0.05) is 25.1 Å². The smallest absolute Gasteiger partial charge is 0.225 e. The van der Waals surface area contributed by atoms with Crippen molar-refractivity contribution in [1.29, 1.82) is 0 Å². The van der Waals surface area contributed by atoms with E-state index in [1.165, 1.54) is 6.07 Å². The molecule has 1 aromatic rings. The molecule has 1 aliphatic heterocycles. The van der Waals surface area contributed by atoms with Crippen molar-refractivity contribution in [3.05, 3.63) is 35.6 Å². The van der Waals surface area contributed by atoms with Gasteiger partial charge in [-0.15, -0.1) is 0 Å².